The first-order chi connectivity index (χ1) is 12.8. The van der Waals surface area contributed by atoms with Crippen molar-refractivity contribution in [3.8, 4) is 5.75 Å². The molecule has 1 aliphatic rings. The van der Waals surface area contributed by atoms with Crippen LogP contribution >= 0.6 is 11.6 Å². The number of rotatable bonds is 3. The molecule has 0 aromatic heterocycles. The Balaban J connectivity index is 0.00000280. The van der Waals surface area contributed by atoms with E-state index in [2.05, 4.69) is 10.2 Å². The second-order valence-electron chi connectivity index (χ2n) is 5.79. The Morgan fingerprint density at radius 3 is 2.57 bits per heavy atom. The molecule has 0 aliphatic heterocycles. The molecule has 0 spiro atoms. The van der Waals surface area contributed by atoms with E-state index in [4.69, 9.17) is 11.6 Å². The number of phenols is 1. The molecule has 140 valence electrons. The Labute approximate surface area is 207 Å². The molecule has 2 aromatic carbocycles. The topological polar surface area (TPSA) is 116 Å². The van der Waals surface area contributed by atoms with E-state index in [0.717, 1.165) is 0 Å². The number of aromatic hydroxyl groups is 1. The van der Waals surface area contributed by atoms with E-state index in [1.165, 1.54) is 18.2 Å². The smallest absolute Gasteiger partial charge is 0.339 e. The van der Waals surface area contributed by atoms with Crippen molar-refractivity contribution in [2.45, 2.75) is 13.0 Å². The molecule has 28 heavy (non-hydrogen) atoms. The van der Waals surface area contributed by atoms with Gasteiger partial charge in [-0.1, -0.05) is 35.9 Å². The number of aromatic carboxylic acids is 1. The molecule has 2 aromatic rings. The molecule has 0 saturated carbocycles. The Bertz CT molecular complexity index is 1190. The van der Waals surface area contributed by atoms with E-state index in [9.17, 15) is 23.4 Å². The van der Waals surface area contributed by atoms with Crippen LogP contribution in [0, 0.1) is 0 Å². The zero-order chi connectivity index (χ0) is 19.7. The van der Waals surface area contributed by atoms with Gasteiger partial charge in [-0.2, -0.15) is 18.6 Å². The Morgan fingerprint density at radius 1 is 1.25 bits per heavy atom. The first-order valence-electron chi connectivity index (χ1n) is 7.70. The predicted octanol–water partition coefficient (Wildman–Crippen LogP) is 3.45. The van der Waals surface area contributed by atoms with E-state index < -0.39 is 28.1 Å². The minimum Gasteiger partial charge on any atom is -0.505 e. The number of hydrogen-bond acceptors (Lipinski definition) is 6. The molecule has 1 atom stereocenters. The van der Waals surface area contributed by atoms with Crippen molar-refractivity contribution >= 4 is 98.1 Å². The fourth-order valence-electron chi connectivity index (χ4n) is 2.66. The summed E-state index contributed by atoms with van der Waals surface area (Å²) in [5.74, 6) is -1.87. The van der Waals surface area contributed by atoms with Crippen LogP contribution in [-0.2, 0) is 10.3 Å². The van der Waals surface area contributed by atoms with Crippen LogP contribution in [0.25, 0.3) is 10.8 Å². The molecule has 0 heterocycles. The van der Waals surface area contributed by atoms with Crippen LogP contribution < -0.4 is 0 Å². The summed E-state index contributed by atoms with van der Waals surface area (Å²) in [7, 11) is -2.54. The summed E-state index contributed by atoms with van der Waals surface area (Å²) in [5.41, 5.74) is 0.188. The fourth-order valence-corrected chi connectivity index (χ4v) is 3.42. The molecule has 2 radical (unpaired) electrons. The van der Waals surface area contributed by atoms with Gasteiger partial charge in [-0.25, -0.2) is 4.79 Å². The Kier molecular flexibility index (Phi) is 7.68. The van der Waals surface area contributed by atoms with Crippen LogP contribution in [0.4, 0.5) is 5.69 Å². The minimum atomic E-state index is -2.54. The number of carbonyl (C=O) groups is 1. The second-order valence-corrected chi connectivity index (χ2v) is 7.13. The van der Waals surface area contributed by atoms with Gasteiger partial charge in [0.2, 0.25) is 10.3 Å². The number of azo groups is 1. The third kappa shape index (κ3) is 4.60. The number of hydrogen-bond donors (Lipinski definition) is 2. The molecule has 1 aliphatic carbocycles. The van der Waals surface area contributed by atoms with Crippen molar-refractivity contribution in [1.82, 2.24) is 0 Å². The monoisotopic (exact) mass is 542 g/mol. The van der Waals surface area contributed by atoms with Crippen molar-refractivity contribution < 1.29 is 23.4 Å². The number of allylic oxidation sites excluding steroid dienone is 2. The minimum absolute atomic E-state index is 0. The third-order valence-corrected chi connectivity index (χ3v) is 5.20. The first-order valence-corrected chi connectivity index (χ1v) is 9.16. The van der Waals surface area contributed by atoms with E-state index >= 15 is 0 Å². The van der Waals surface area contributed by atoms with Crippen molar-refractivity contribution in [2.24, 2.45) is 10.2 Å². The normalized spacial score (nSPS) is 16.5. The average molecular weight is 542 g/mol. The summed E-state index contributed by atoms with van der Waals surface area (Å²) in [6.45, 7) is 1.66. The second kappa shape index (κ2) is 9.40. The van der Waals surface area contributed by atoms with E-state index in [1.807, 2.05) is 0 Å². The van der Waals surface area contributed by atoms with Gasteiger partial charge in [-0.15, -0.1) is 0 Å². The summed E-state index contributed by atoms with van der Waals surface area (Å²) < 4.78 is 22.9. The van der Waals surface area contributed by atoms with E-state index in [-0.39, 0.29) is 65.0 Å². The number of fused-ring (bicyclic) bond motifs is 1. The fraction of sp³-hybridized carbons (Fsp3) is 0.111. The first kappa shape index (κ1) is 22.9. The summed E-state index contributed by atoms with van der Waals surface area (Å²) in [4.78, 5) is 11.4. The molecule has 2 N–H and O–H groups in total. The SMILES string of the molecule is CC1=CC(=S(=O)=O)C(N=Nc2c(O)c(C(=O)O)cc3ccccc23)C=C1Cl.[Ba]. The average Bonchev–Trinajstić information content (AvgIpc) is 2.62. The third-order valence-electron chi connectivity index (χ3n) is 4.03. The zero-order valence-corrected chi connectivity index (χ0v) is 20.6. The van der Waals surface area contributed by atoms with Crippen LogP contribution in [0.15, 0.2) is 63.3 Å². The van der Waals surface area contributed by atoms with Gasteiger partial charge < -0.3 is 10.2 Å². The quantitative estimate of drug-likeness (QED) is 0.351. The van der Waals surface area contributed by atoms with Crippen molar-refractivity contribution in [2.75, 3.05) is 0 Å². The molecule has 0 fully saturated rings. The standard InChI is InChI=1S/C18H13ClN2O5S.Ba/c1-9-6-15(27(25)26)14(8-13(9)19)20-21-16-11-5-3-2-4-10(11)7-12(17(16)22)18(23)24;/h2-8,14,22H,1H3,(H,23,24);. The number of carboxylic acid groups (broad SMARTS) is 1. The van der Waals surface area contributed by atoms with Gasteiger partial charge in [0, 0.05) is 59.3 Å². The van der Waals surface area contributed by atoms with Crippen molar-refractivity contribution in [1.29, 1.82) is 0 Å². The van der Waals surface area contributed by atoms with Crippen LogP contribution in [0.2, 0.25) is 0 Å². The maximum Gasteiger partial charge on any atom is 0.339 e. The number of benzene rings is 2. The number of nitrogens with zero attached hydrogens (tertiary/aromatic N) is 2. The molecule has 1 unspecified atom stereocenters. The maximum absolute atomic E-state index is 11.5. The van der Waals surface area contributed by atoms with E-state index in [1.54, 1.807) is 31.2 Å². The maximum atomic E-state index is 11.5. The number of halogens is 1. The van der Waals surface area contributed by atoms with Gasteiger partial charge in [0.15, 0.2) is 5.75 Å². The van der Waals surface area contributed by atoms with Crippen LogP contribution in [0.5, 0.6) is 5.75 Å². The molecular weight excluding hydrogens is 529 g/mol. The van der Waals surface area contributed by atoms with Crippen LogP contribution in [-0.4, -0.2) is 84.4 Å². The summed E-state index contributed by atoms with van der Waals surface area (Å²) in [5, 5.41) is 29.0. The largest absolute Gasteiger partial charge is 0.505 e. The Morgan fingerprint density at radius 2 is 1.93 bits per heavy atom. The molecule has 0 bridgehead atoms. The van der Waals surface area contributed by atoms with Gasteiger partial charge in [0.05, 0.1) is 0 Å². The van der Waals surface area contributed by atoms with Crippen LogP contribution in [0.1, 0.15) is 17.3 Å². The number of carboxylic acids is 1. The molecule has 0 amide bonds. The molecular formula is C18H13BaClN2O5S. The van der Waals surface area contributed by atoms with Gasteiger partial charge in [0.1, 0.15) is 22.2 Å². The van der Waals surface area contributed by atoms with Gasteiger partial charge in [-0.05, 0) is 36.1 Å². The van der Waals surface area contributed by atoms with Crippen molar-refractivity contribution in [3.05, 3.63) is 58.7 Å². The predicted molar refractivity (Wildman–Crippen MR) is 108 cm³/mol. The van der Waals surface area contributed by atoms with Gasteiger partial charge in [-0.3, -0.25) is 0 Å². The molecule has 10 heteroatoms. The van der Waals surface area contributed by atoms with E-state index in [0.29, 0.717) is 21.4 Å². The zero-order valence-electron chi connectivity index (χ0n) is 14.6. The molecule has 7 nitrogen and oxygen atoms in total. The van der Waals surface area contributed by atoms with Crippen LogP contribution in [0.3, 0.4) is 0 Å². The summed E-state index contributed by atoms with van der Waals surface area (Å²) >= 11 is 6.06. The van der Waals surface area contributed by atoms with Gasteiger partial charge in [0.25, 0.3) is 0 Å². The molecule has 0 saturated heterocycles. The Hall–Kier alpha value is -1.40. The van der Waals surface area contributed by atoms with Crippen molar-refractivity contribution in [3.63, 3.8) is 0 Å². The molecule has 3 rings (SSSR count). The summed E-state index contributed by atoms with van der Waals surface area (Å²) in [6, 6.07) is 7.10. The van der Waals surface area contributed by atoms with Gasteiger partial charge >= 0.3 is 5.97 Å². The summed E-state index contributed by atoms with van der Waals surface area (Å²) in [6.07, 6.45) is 2.81.